The number of allylic oxidation sites excluding steroid dienone is 1. The fourth-order valence-corrected chi connectivity index (χ4v) is 3.59. The number of primary sulfonamides is 1. The minimum Gasteiger partial charge on any atom is -0.383 e. The van der Waals surface area contributed by atoms with Gasteiger partial charge in [0, 0.05) is 29.6 Å². The minimum atomic E-state index is -3.95. The van der Waals surface area contributed by atoms with E-state index in [0.717, 1.165) is 27.6 Å². The maximum absolute atomic E-state index is 11.7. The van der Waals surface area contributed by atoms with Crippen LogP contribution >= 0.6 is 0 Å². The first-order valence-corrected chi connectivity index (χ1v) is 9.36. The van der Waals surface area contributed by atoms with Crippen LogP contribution in [-0.2, 0) is 10.0 Å². The highest BCUT2D eigenvalue weighted by atomic mass is 32.2. The van der Waals surface area contributed by atoms with Crippen molar-refractivity contribution in [1.82, 2.24) is 9.97 Å². The van der Waals surface area contributed by atoms with Gasteiger partial charge in [-0.2, -0.15) is 0 Å². The molecule has 0 bridgehead atoms. The van der Waals surface area contributed by atoms with E-state index < -0.39 is 10.0 Å². The summed E-state index contributed by atoms with van der Waals surface area (Å²) < 4.78 is 23.4. The Hall–Kier alpha value is -3.10. The summed E-state index contributed by atoms with van der Waals surface area (Å²) in [5, 5.41) is 6.17. The molecule has 0 atom stereocenters. The molecule has 2 aromatic heterocycles. The van der Waals surface area contributed by atoms with E-state index in [4.69, 9.17) is 10.9 Å². The third-order valence-electron chi connectivity index (χ3n) is 4.22. The summed E-state index contributed by atoms with van der Waals surface area (Å²) in [5.74, 6) is -0.119. The second kappa shape index (κ2) is 6.01. The lowest BCUT2D eigenvalue weighted by molar-refractivity contribution is 0.598. The van der Waals surface area contributed by atoms with E-state index in [0.29, 0.717) is 12.1 Å². The van der Waals surface area contributed by atoms with E-state index in [-0.39, 0.29) is 10.7 Å². The third-order valence-corrected chi connectivity index (χ3v) is 5.16. The molecule has 3 aromatic rings. The Morgan fingerprint density at radius 3 is 2.62 bits per heavy atom. The fraction of sp³-hybridized carbons (Fsp3) is 0.0556. The van der Waals surface area contributed by atoms with Crippen LogP contribution in [0.1, 0.15) is 5.56 Å². The predicted molar refractivity (Wildman–Crippen MR) is 102 cm³/mol. The van der Waals surface area contributed by atoms with Crippen molar-refractivity contribution in [3.8, 4) is 11.1 Å². The molecule has 1 aromatic carbocycles. The number of fused-ring (bicyclic) bond motifs is 1. The van der Waals surface area contributed by atoms with Crippen molar-refractivity contribution >= 4 is 38.5 Å². The molecule has 26 heavy (non-hydrogen) atoms. The van der Waals surface area contributed by atoms with Gasteiger partial charge in [-0.3, -0.25) is 9.98 Å². The molecular weight excluding hydrogens is 350 g/mol. The number of benzene rings is 1. The van der Waals surface area contributed by atoms with Crippen LogP contribution < -0.4 is 10.9 Å². The molecule has 0 amide bonds. The molecule has 0 radical (unpaired) electrons. The zero-order valence-electron chi connectivity index (χ0n) is 13.6. The third kappa shape index (κ3) is 2.85. The van der Waals surface area contributed by atoms with Gasteiger partial charge < -0.3 is 5.73 Å². The summed E-state index contributed by atoms with van der Waals surface area (Å²) in [6.07, 6.45) is 7.17. The first-order valence-electron chi connectivity index (χ1n) is 7.81. The van der Waals surface area contributed by atoms with Gasteiger partial charge >= 0.3 is 0 Å². The molecule has 0 saturated heterocycles. The number of hydrogen-bond donors (Lipinski definition) is 2. The smallest absolute Gasteiger partial charge is 0.241 e. The molecule has 0 fully saturated rings. The fourth-order valence-electron chi connectivity index (χ4n) is 2.95. The van der Waals surface area contributed by atoms with Crippen LogP contribution in [0.2, 0.25) is 0 Å². The van der Waals surface area contributed by atoms with E-state index in [9.17, 15) is 8.42 Å². The van der Waals surface area contributed by atoms with E-state index in [1.807, 2.05) is 36.6 Å². The molecule has 8 heteroatoms. The number of aromatic nitrogens is 2. The van der Waals surface area contributed by atoms with Gasteiger partial charge in [0.15, 0.2) is 0 Å². The summed E-state index contributed by atoms with van der Waals surface area (Å²) >= 11 is 0. The normalized spacial score (nSPS) is 14.0. The molecule has 3 heterocycles. The summed E-state index contributed by atoms with van der Waals surface area (Å²) in [4.78, 5) is 12.4. The van der Waals surface area contributed by atoms with Crippen molar-refractivity contribution in [2.45, 2.75) is 4.90 Å². The minimum absolute atomic E-state index is 0.119. The highest BCUT2D eigenvalue weighted by Gasteiger charge is 2.16. The van der Waals surface area contributed by atoms with Gasteiger partial charge in [-0.05, 0) is 41.0 Å². The molecule has 1 aliphatic rings. The van der Waals surface area contributed by atoms with Crippen molar-refractivity contribution in [3.63, 3.8) is 0 Å². The van der Waals surface area contributed by atoms with Crippen molar-refractivity contribution in [2.24, 2.45) is 10.1 Å². The van der Waals surface area contributed by atoms with Crippen molar-refractivity contribution in [1.29, 1.82) is 0 Å². The molecule has 0 aliphatic carbocycles. The first kappa shape index (κ1) is 16.4. The van der Waals surface area contributed by atoms with Crippen molar-refractivity contribution in [3.05, 3.63) is 54.4 Å². The van der Waals surface area contributed by atoms with E-state index in [2.05, 4.69) is 15.0 Å². The number of sulfonamides is 1. The Morgan fingerprint density at radius 1 is 1.04 bits per heavy atom. The average Bonchev–Trinajstić information content (AvgIpc) is 3.14. The lowest BCUT2D eigenvalue weighted by atomic mass is 9.98. The van der Waals surface area contributed by atoms with Crippen LogP contribution in [0.3, 0.4) is 0 Å². The maximum Gasteiger partial charge on any atom is 0.241 e. The highest BCUT2D eigenvalue weighted by Crippen LogP contribution is 2.30. The zero-order chi connectivity index (χ0) is 18.3. The SMILES string of the molecule is Nc1ncc(-c2ccc3nccc(C4=CCN=C4)c3c2)cc1S(N)(=O)=O. The Bertz CT molecular complexity index is 1200. The summed E-state index contributed by atoms with van der Waals surface area (Å²) in [6, 6.07) is 9.06. The Balaban J connectivity index is 1.91. The Kier molecular flexibility index (Phi) is 3.78. The summed E-state index contributed by atoms with van der Waals surface area (Å²) in [5.41, 5.74) is 9.94. The number of nitrogens with zero attached hydrogens (tertiary/aromatic N) is 3. The molecule has 0 unspecified atom stereocenters. The monoisotopic (exact) mass is 365 g/mol. The van der Waals surface area contributed by atoms with Crippen LogP contribution in [0.4, 0.5) is 5.82 Å². The lowest BCUT2D eigenvalue weighted by Gasteiger charge is -2.10. The van der Waals surface area contributed by atoms with Gasteiger partial charge in [-0.1, -0.05) is 12.1 Å². The van der Waals surface area contributed by atoms with Crippen LogP contribution in [0, 0.1) is 0 Å². The average molecular weight is 365 g/mol. The number of rotatable bonds is 3. The summed E-state index contributed by atoms with van der Waals surface area (Å²) in [6.45, 7) is 0.665. The lowest BCUT2D eigenvalue weighted by Crippen LogP contribution is -2.15. The molecule has 130 valence electrons. The van der Waals surface area contributed by atoms with Gasteiger partial charge in [0.2, 0.25) is 10.0 Å². The molecule has 1 aliphatic heterocycles. The number of nitrogens with two attached hydrogens (primary N) is 2. The van der Waals surface area contributed by atoms with Crippen molar-refractivity contribution < 1.29 is 8.42 Å². The van der Waals surface area contributed by atoms with E-state index in [1.54, 1.807) is 6.20 Å². The molecule has 0 spiro atoms. The zero-order valence-corrected chi connectivity index (χ0v) is 14.4. The highest BCUT2D eigenvalue weighted by molar-refractivity contribution is 7.89. The van der Waals surface area contributed by atoms with Gasteiger partial charge in [-0.25, -0.2) is 18.5 Å². The van der Waals surface area contributed by atoms with Crippen LogP contribution in [0.25, 0.3) is 27.6 Å². The largest absolute Gasteiger partial charge is 0.383 e. The van der Waals surface area contributed by atoms with Gasteiger partial charge in [-0.15, -0.1) is 0 Å². The second-order valence-electron chi connectivity index (χ2n) is 5.90. The Morgan fingerprint density at radius 2 is 1.88 bits per heavy atom. The van der Waals surface area contributed by atoms with Gasteiger partial charge in [0.25, 0.3) is 0 Å². The second-order valence-corrected chi connectivity index (χ2v) is 7.43. The maximum atomic E-state index is 11.7. The number of pyridine rings is 2. The standard InChI is InChI=1S/C18H15N5O2S/c19-18-17(26(20,24)25)8-13(10-23-18)11-1-2-16-15(7-11)14(4-6-22-16)12-3-5-21-9-12/h1-4,6-10H,5H2,(H2,19,23)(H2,20,24,25). The number of hydrogen-bond acceptors (Lipinski definition) is 6. The van der Waals surface area contributed by atoms with Crippen LogP contribution in [0.15, 0.2) is 58.7 Å². The number of nitrogen functional groups attached to an aromatic ring is 1. The quantitative estimate of drug-likeness (QED) is 0.734. The Labute approximate surface area is 150 Å². The van der Waals surface area contributed by atoms with Crippen LogP contribution in [-0.4, -0.2) is 31.1 Å². The molecule has 0 saturated carbocycles. The molecule has 4 N–H and O–H groups in total. The molecule has 4 rings (SSSR count). The topological polar surface area (TPSA) is 124 Å². The predicted octanol–water partition coefficient (Wildman–Crippen LogP) is 1.99. The molecular formula is C18H15N5O2S. The first-order chi connectivity index (χ1) is 12.4. The molecule has 7 nitrogen and oxygen atoms in total. The van der Waals surface area contributed by atoms with E-state index >= 15 is 0 Å². The van der Waals surface area contributed by atoms with Crippen molar-refractivity contribution in [2.75, 3.05) is 12.3 Å². The summed E-state index contributed by atoms with van der Waals surface area (Å²) in [7, 11) is -3.95. The number of aliphatic imine (C=N–C) groups is 1. The van der Waals surface area contributed by atoms with Crippen LogP contribution in [0.5, 0.6) is 0 Å². The number of anilines is 1. The van der Waals surface area contributed by atoms with Gasteiger partial charge in [0.1, 0.15) is 10.7 Å². The van der Waals surface area contributed by atoms with Gasteiger partial charge in [0.05, 0.1) is 12.1 Å². The van der Waals surface area contributed by atoms with E-state index in [1.165, 1.54) is 12.3 Å².